The number of nitrogens with zero attached hydrogens (tertiary/aromatic N) is 1. The van der Waals surface area contributed by atoms with Crippen molar-refractivity contribution < 1.29 is 4.74 Å². The Labute approximate surface area is 157 Å². The molecule has 0 atom stereocenters. The van der Waals surface area contributed by atoms with Gasteiger partial charge >= 0.3 is 0 Å². The summed E-state index contributed by atoms with van der Waals surface area (Å²) in [5.74, 6) is 0.911. The van der Waals surface area contributed by atoms with Crippen LogP contribution in [0.4, 0.5) is 0 Å². The molecular weight excluding hydrogens is 318 g/mol. The molecule has 0 fully saturated rings. The number of ether oxygens (including phenoxy) is 1. The van der Waals surface area contributed by atoms with E-state index in [9.17, 15) is 0 Å². The van der Waals surface area contributed by atoms with Crippen LogP contribution in [0.3, 0.4) is 0 Å². The molecule has 0 amide bonds. The predicted octanol–water partition coefficient (Wildman–Crippen LogP) is 4.98. The molecule has 0 saturated heterocycles. The molecule has 0 N–H and O–H groups in total. The van der Waals surface area contributed by atoms with Gasteiger partial charge in [-0.1, -0.05) is 72.8 Å². The highest BCUT2D eigenvalue weighted by atomic mass is 16.5. The van der Waals surface area contributed by atoms with E-state index in [1.54, 1.807) is 7.11 Å². The van der Waals surface area contributed by atoms with Crippen molar-refractivity contribution in [2.45, 2.75) is 19.4 Å². The minimum Gasteiger partial charge on any atom is -0.497 e. The summed E-state index contributed by atoms with van der Waals surface area (Å²) in [6, 6.07) is 29.9. The van der Waals surface area contributed by atoms with E-state index in [1.807, 2.05) is 12.1 Å². The van der Waals surface area contributed by atoms with Crippen molar-refractivity contribution in [2.75, 3.05) is 20.2 Å². The average molecular weight is 345 g/mol. The van der Waals surface area contributed by atoms with Gasteiger partial charge in [0.2, 0.25) is 0 Å². The van der Waals surface area contributed by atoms with Gasteiger partial charge in [0.15, 0.2) is 0 Å². The molecule has 134 valence electrons. The van der Waals surface area contributed by atoms with E-state index in [0.717, 1.165) is 38.2 Å². The van der Waals surface area contributed by atoms with Crippen molar-refractivity contribution in [3.63, 3.8) is 0 Å². The average Bonchev–Trinajstić information content (AvgIpc) is 2.72. The third-order valence-electron chi connectivity index (χ3n) is 4.68. The van der Waals surface area contributed by atoms with Gasteiger partial charge in [-0.2, -0.15) is 0 Å². The van der Waals surface area contributed by atoms with Gasteiger partial charge < -0.3 is 4.74 Å². The molecule has 26 heavy (non-hydrogen) atoms. The third-order valence-corrected chi connectivity index (χ3v) is 4.68. The van der Waals surface area contributed by atoms with E-state index in [0.29, 0.717) is 0 Å². The third kappa shape index (κ3) is 5.75. The zero-order valence-electron chi connectivity index (χ0n) is 15.5. The SMILES string of the molecule is COc1ccc(CN(CCc2ccccc2)CCc2ccccc2)cc1. The molecule has 0 aliphatic heterocycles. The largest absolute Gasteiger partial charge is 0.497 e. The summed E-state index contributed by atoms with van der Waals surface area (Å²) in [7, 11) is 1.71. The van der Waals surface area contributed by atoms with Gasteiger partial charge in [-0.15, -0.1) is 0 Å². The molecule has 0 aliphatic rings. The highest BCUT2D eigenvalue weighted by Crippen LogP contribution is 2.14. The summed E-state index contributed by atoms with van der Waals surface area (Å²) >= 11 is 0. The Morgan fingerprint density at radius 2 is 1.12 bits per heavy atom. The second-order valence-corrected chi connectivity index (χ2v) is 6.60. The Bertz CT molecular complexity index is 710. The van der Waals surface area contributed by atoms with E-state index in [2.05, 4.69) is 77.7 Å². The molecule has 0 aliphatic carbocycles. The van der Waals surface area contributed by atoms with Crippen molar-refractivity contribution in [1.82, 2.24) is 4.90 Å². The summed E-state index contributed by atoms with van der Waals surface area (Å²) in [6.45, 7) is 3.08. The molecule has 0 radical (unpaired) electrons. The van der Waals surface area contributed by atoms with Crippen LogP contribution in [-0.2, 0) is 19.4 Å². The topological polar surface area (TPSA) is 12.5 Å². The quantitative estimate of drug-likeness (QED) is 0.542. The van der Waals surface area contributed by atoms with Gasteiger partial charge in [-0.3, -0.25) is 4.90 Å². The maximum atomic E-state index is 5.27. The van der Waals surface area contributed by atoms with E-state index >= 15 is 0 Å². The number of hydrogen-bond acceptors (Lipinski definition) is 2. The van der Waals surface area contributed by atoms with E-state index in [1.165, 1.54) is 16.7 Å². The zero-order valence-corrected chi connectivity index (χ0v) is 15.5. The zero-order chi connectivity index (χ0) is 18.0. The lowest BCUT2D eigenvalue weighted by atomic mass is 10.1. The first-order chi connectivity index (χ1) is 12.8. The van der Waals surface area contributed by atoms with Gasteiger partial charge in [-0.25, -0.2) is 0 Å². The first-order valence-electron chi connectivity index (χ1n) is 9.26. The summed E-state index contributed by atoms with van der Waals surface area (Å²) in [5, 5.41) is 0. The second kappa shape index (κ2) is 9.79. The Morgan fingerprint density at radius 3 is 1.58 bits per heavy atom. The van der Waals surface area contributed by atoms with Crippen LogP contribution < -0.4 is 4.74 Å². The lowest BCUT2D eigenvalue weighted by Gasteiger charge is -2.23. The highest BCUT2D eigenvalue weighted by Gasteiger charge is 2.07. The monoisotopic (exact) mass is 345 g/mol. The van der Waals surface area contributed by atoms with Crippen LogP contribution in [-0.4, -0.2) is 25.1 Å². The van der Waals surface area contributed by atoms with Crippen molar-refractivity contribution in [1.29, 1.82) is 0 Å². The minimum absolute atomic E-state index is 0.911. The molecule has 2 nitrogen and oxygen atoms in total. The molecule has 0 heterocycles. The molecule has 3 aromatic rings. The molecule has 0 unspecified atom stereocenters. The fourth-order valence-electron chi connectivity index (χ4n) is 3.12. The van der Waals surface area contributed by atoms with E-state index in [-0.39, 0.29) is 0 Å². The van der Waals surface area contributed by atoms with E-state index in [4.69, 9.17) is 4.74 Å². The minimum atomic E-state index is 0.911. The highest BCUT2D eigenvalue weighted by molar-refractivity contribution is 5.27. The van der Waals surface area contributed by atoms with Crippen LogP contribution in [0.25, 0.3) is 0 Å². The first kappa shape index (κ1) is 18.2. The predicted molar refractivity (Wildman–Crippen MR) is 109 cm³/mol. The summed E-state index contributed by atoms with van der Waals surface area (Å²) in [6.07, 6.45) is 2.15. The molecule has 0 bridgehead atoms. The van der Waals surface area contributed by atoms with Gasteiger partial charge in [0.1, 0.15) is 5.75 Å². The lowest BCUT2D eigenvalue weighted by Crippen LogP contribution is -2.28. The lowest BCUT2D eigenvalue weighted by molar-refractivity contribution is 0.272. The summed E-state index contributed by atoms with van der Waals surface area (Å²) in [5.41, 5.74) is 4.12. The first-order valence-corrected chi connectivity index (χ1v) is 9.26. The number of methoxy groups -OCH3 is 1. The van der Waals surface area contributed by atoms with Gasteiger partial charge in [-0.05, 0) is 41.7 Å². The molecular formula is C24H27NO. The van der Waals surface area contributed by atoms with Crippen LogP contribution in [0.1, 0.15) is 16.7 Å². The fraction of sp³-hybridized carbons (Fsp3) is 0.250. The van der Waals surface area contributed by atoms with Crippen molar-refractivity contribution in [2.24, 2.45) is 0 Å². The number of hydrogen-bond donors (Lipinski definition) is 0. The van der Waals surface area contributed by atoms with E-state index < -0.39 is 0 Å². The second-order valence-electron chi connectivity index (χ2n) is 6.60. The van der Waals surface area contributed by atoms with Crippen LogP contribution in [0, 0.1) is 0 Å². The Hall–Kier alpha value is -2.58. The summed E-state index contributed by atoms with van der Waals surface area (Å²) in [4.78, 5) is 2.54. The summed E-state index contributed by atoms with van der Waals surface area (Å²) < 4.78 is 5.27. The standard InChI is InChI=1S/C24H27NO/c1-26-24-14-12-23(13-15-24)20-25(18-16-21-8-4-2-5-9-21)19-17-22-10-6-3-7-11-22/h2-15H,16-20H2,1H3. The molecule has 3 rings (SSSR count). The molecule has 2 heteroatoms. The van der Waals surface area contributed by atoms with Crippen molar-refractivity contribution in [3.05, 3.63) is 102 Å². The van der Waals surface area contributed by atoms with Crippen molar-refractivity contribution >= 4 is 0 Å². The fourth-order valence-corrected chi connectivity index (χ4v) is 3.12. The van der Waals surface area contributed by atoms with Gasteiger partial charge in [0, 0.05) is 19.6 Å². The van der Waals surface area contributed by atoms with Crippen LogP contribution >= 0.6 is 0 Å². The normalized spacial score (nSPS) is 10.8. The smallest absolute Gasteiger partial charge is 0.118 e. The molecule has 0 saturated carbocycles. The number of rotatable bonds is 9. The van der Waals surface area contributed by atoms with Crippen LogP contribution in [0.2, 0.25) is 0 Å². The Balaban J connectivity index is 1.63. The maximum absolute atomic E-state index is 5.27. The Morgan fingerprint density at radius 1 is 0.615 bits per heavy atom. The van der Waals surface area contributed by atoms with Crippen LogP contribution in [0.5, 0.6) is 5.75 Å². The molecule has 3 aromatic carbocycles. The van der Waals surface area contributed by atoms with Crippen LogP contribution in [0.15, 0.2) is 84.9 Å². The van der Waals surface area contributed by atoms with Gasteiger partial charge in [0.05, 0.1) is 7.11 Å². The Kier molecular flexibility index (Phi) is 6.86. The molecule has 0 aromatic heterocycles. The molecule has 0 spiro atoms. The van der Waals surface area contributed by atoms with Gasteiger partial charge in [0.25, 0.3) is 0 Å². The van der Waals surface area contributed by atoms with Crippen molar-refractivity contribution in [3.8, 4) is 5.75 Å². The maximum Gasteiger partial charge on any atom is 0.118 e. The number of benzene rings is 3.